The minimum absolute atomic E-state index is 0.163. The smallest absolute Gasteiger partial charge is 0.322 e. The van der Waals surface area contributed by atoms with Gasteiger partial charge in [0, 0.05) is 39.5 Å². The number of methoxy groups -OCH3 is 1. The normalized spacial score (nSPS) is 24.9. The van der Waals surface area contributed by atoms with E-state index in [-0.39, 0.29) is 25.7 Å². The zero-order chi connectivity index (χ0) is 16.2. The molecular weight excluding hydrogens is 312 g/mol. The summed E-state index contributed by atoms with van der Waals surface area (Å²) < 4.78 is 38.7. The molecule has 128 valence electrons. The molecule has 0 aromatic rings. The molecule has 2 saturated heterocycles. The predicted molar refractivity (Wildman–Crippen MR) is 78.7 cm³/mol. The first-order valence-electron chi connectivity index (χ1n) is 7.56. The van der Waals surface area contributed by atoms with Gasteiger partial charge in [0.2, 0.25) is 0 Å². The highest BCUT2D eigenvalue weighted by molar-refractivity contribution is 7.86. The number of ether oxygens (including phenoxy) is 2. The van der Waals surface area contributed by atoms with Gasteiger partial charge in [-0.2, -0.15) is 17.0 Å². The molecular formula is C13H24N2O6S. The van der Waals surface area contributed by atoms with Gasteiger partial charge in [0.15, 0.2) is 0 Å². The third-order valence-corrected chi connectivity index (χ3v) is 6.30. The largest absolute Gasteiger partial charge is 0.480 e. The van der Waals surface area contributed by atoms with Gasteiger partial charge < -0.3 is 14.6 Å². The van der Waals surface area contributed by atoms with Crippen LogP contribution in [0.1, 0.15) is 25.7 Å². The van der Waals surface area contributed by atoms with Crippen LogP contribution in [0.4, 0.5) is 0 Å². The third-order valence-electron chi connectivity index (χ3n) is 4.20. The molecule has 0 aromatic carbocycles. The first-order valence-corrected chi connectivity index (χ1v) is 8.96. The monoisotopic (exact) mass is 336 g/mol. The molecule has 0 spiro atoms. The standard InChI is InChI=1S/C13H24N2O6S/c1-20-10-7-14(11-4-8-21-9-5-11)22(18,19)15-6-2-3-12(15)13(16)17/h11-12H,2-10H2,1H3,(H,16,17). The lowest BCUT2D eigenvalue weighted by molar-refractivity contribution is -0.140. The molecule has 0 aromatic heterocycles. The third kappa shape index (κ3) is 3.77. The van der Waals surface area contributed by atoms with Gasteiger partial charge in [-0.3, -0.25) is 4.79 Å². The summed E-state index contributed by atoms with van der Waals surface area (Å²) in [7, 11) is -2.30. The van der Waals surface area contributed by atoms with Crippen LogP contribution in [0, 0.1) is 0 Å². The number of hydrogen-bond acceptors (Lipinski definition) is 5. The van der Waals surface area contributed by atoms with Crippen molar-refractivity contribution in [3.63, 3.8) is 0 Å². The Morgan fingerprint density at radius 2 is 2.05 bits per heavy atom. The lowest BCUT2D eigenvalue weighted by Crippen LogP contribution is -2.53. The van der Waals surface area contributed by atoms with Gasteiger partial charge in [-0.1, -0.05) is 0 Å². The zero-order valence-corrected chi connectivity index (χ0v) is 13.6. The van der Waals surface area contributed by atoms with Crippen LogP contribution in [0.25, 0.3) is 0 Å². The first kappa shape index (κ1) is 17.6. The fraction of sp³-hybridized carbons (Fsp3) is 0.923. The Balaban J connectivity index is 2.21. The van der Waals surface area contributed by atoms with Gasteiger partial charge in [-0.25, -0.2) is 0 Å². The molecule has 0 aliphatic carbocycles. The number of nitrogens with zero attached hydrogens (tertiary/aromatic N) is 2. The lowest BCUT2D eigenvalue weighted by atomic mass is 10.1. The summed E-state index contributed by atoms with van der Waals surface area (Å²) in [4.78, 5) is 11.3. The maximum atomic E-state index is 12.9. The van der Waals surface area contributed by atoms with E-state index in [4.69, 9.17) is 9.47 Å². The number of rotatable bonds is 7. The van der Waals surface area contributed by atoms with Crippen LogP contribution in [0.15, 0.2) is 0 Å². The Morgan fingerprint density at radius 1 is 1.36 bits per heavy atom. The number of hydrogen-bond donors (Lipinski definition) is 1. The summed E-state index contributed by atoms with van der Waals surface area (Å²) >= 11 is 0. The quantitative estimate of drug-likeness (QED) is 0.698. The molecule has 22 heavy (non-hydrogen) atoms. The second-order valence-corrected chi connectivity index (χ2v) is 7.40. The molecule has 1 atom stereocenters. The molecule has 2 fully saturated rings. The zero-order valence-electron chi connectivity index (χ0n) is 12.8. The van der Waals surface area contributed by atoms with E-state index in [0.29, 0.717) is 38.9 Å². The highest BCUT2D eigenvalue weighted by atomic mass is 32.2. The Hall–Kier alpha value is -0.740. The highest BCUT2D eigenvalue weighted by Crippen LogP contribution is 2.27. The van der Waals surface area contributed by atoms with E-state index in [1.54, 1.807) is 0 Å². The van der Waals surface area contributed by atoms with Crippen molar-refractivity contribution in [2.75, 3.05) is 40.0 Å². The van der Waals surface area contributed by atoms with Crippen LogP contribution < -0.4 is 0 Å². The summed E-state index contributed by atoms with van der Waals surface area (Å²) in [5.41, 5.74) is 0. The summed E-state index contributed by atoms with van der Waals surface area (Å²) in [5, 5.41) is 9.25. The molecule has 2 aliphatic rings. The van der Waals surface area contributed by atoms with E-state index >= 15 is 0 Å². The van der Waals surface area contributed by atoms with E-state index in [0.717, 1.165) is 4.31 Å². The van der Waals surface area contributed by atoms with Crippen molar-refractivity contribution in [1.82, 2.24) is 8.61 Å². The maximum absolute atomic E-state index is 12.9. The van der Waals surface area contributed by atoms with Crippen molar-refractivity contribution in [2.24, 2.45) is 0 Å². The number of carboxylic acid groups (broad SMARTS) is 1. The van der Waals surface area contributed by atoms with Gasteiger partial charge in [-0.15, -0.1) is 0 Å². The predicted octanol–water partition coefficient (Wildman–Crippen LogP) is -0.0924. The highest BCUT2D eigenvalue weighted by Gasteiger charge is 2.43. The number of carboxylic acids is 1. The minimum Gasteiger partial charge on any atom is -0.480 e. The van der Waals surface area contributed by atoms with Crippen molar-refractivity contribution >= 4 is 16.2 Å². The van der Waals surface area contributed by atoms with Crippen LogP contribution in [0.3, 0.4) is 0 Å². The van der Waals surface area contributed by atoms with Gasteiger partial charge >= 0.3 is 5.97 Å². The van der Waals surface area contributed by atoms with E-state index in [1.165, 1.54) is 11.4 Å². The van der Waals surface area contributed by atoms with Crippen LogP contribution >= 0.6 is 0 Å². The van der Waals surface area contributed by atoms with Crippen molar-refractivity contribution in [2.45, 2.75) is 37.8 Å². The Bertz CT molecular complexity index is 477. The second kappa shape index (κ2) is 7.69. The average molecular weight is 336 g/mol. The Morgan fingerprint density at radius 3 is 2.64 bits per heavy atom. The molecule has 8 nitrogen and oxygen atoms in total. The van der Waals surface area contributed by atoms with Gasteiger partial charge in [0.25, 0.3) is 10.2 Å². The van der Waals surface area contributed by atoms with E-state index < -0.39 is 22.2 Å². The summed E-state index contributed by atoms with van der Waals surface area (Å²) in [6.45, 7) is 1.80. The number of carbonyl (C=O) groups is 1. The van der Waals surface area contributed by atoms with Gasteiger partial charge in [0.1, 0.15) is 6.04 Å². The maximum Gasteiger partial charge on any atom is 0.322 e. The SMILES string of the molecule is COCCN(C1CCOCC1)S(=O)(=O)N1CCCC1C(=O)O. The second-order valence-electron chi connectivity index (χ2n) is 5.56. The topological polar surface area (TPSA) is 96.4 Å². The van der Waals surface area contributed by atoms with Crippen LogP contribution in [-0.2, 0) is 24.5 Å². The molecule has 0 bridgehead atoms. The molecule has 9 heteroatoms. The molecule has 2 heterocycles. The summed E-state index contributed by atoms with van der Waals surface area (Å²) in [5.74, 6) is -1.08. The van der Waals surface area contributed by atoms with Gasteiger partial charge in [0.05, 0.1) is 6.61 Å². The first-order chi connectivity index (χ1) is 10.5. The molecule has 1 unspecified atom stereocenters. The van der Waals surface area contributed by atoms with Crippen molar-refractivity contribution in [1.29, 1.82) is 0 Å². The van der Waals surface area contributed by atoms with Crippen LogP contribution in [0.5, 0.6) is 0 Å². The van der Waals surface area contributed by atoms with Gasteiger partial charge in [-0.05, 0) is 25.7 Å². The summed E-state index contributed by atoms with van der Waals surface area (Å²) in [6, 6.07) is -1.13. The van der Waals surface area contributed by atoms with E-state index in [2.05, 4.69) is 0 Å². The fourth-order valence-corrected chi connectivity index (χ4v) is 5.08. The average Bonchev–Trinajstić information content (AvgIpc) is 2.99. The minimum atomic E-state index is -3.82. The molecule has 2 aliphatic heterocycles. The van der Waals surface area contributed by atoms with E-state index in [9.17, 15) is 18.3 Å². The summed E-state index contributed by atoms with van der Waals surface area (Å²) in [6.07, 6.45) is 2.17. The van der Waals surface area contributed by atoms with Crippen LogP contribution in [0.2, 0.25) is 0 Å². The molecule has 0 radical (unpaired) electrons. The van der Waals surface area contributed by atoms with Crippen LogP contribution in [-0.4, -0.2) is 80.2 Å². The van der Waals surface area contributed by atoms with E-state index in [1.807, 2.05) is 0 Å². The fourth-order valence-electron chi connectivity index (χ4n) is 3.04. The van der Waals surface area contributed by atoms with Crippen molar-refractivity contribution in [3.8, 4) is 0 Å². The Kier molecular flexibility index (Phi) is 6.16. The molecule has 1 N–H and O–H groups in total. The molecule has 0 saturated carbocycles. The molecule has 0 amide bonds. The Labute approximate surface area is 131 Å². The molecule has 2 rings (SSSR count). The van der Waals surface area contributed by atoms with Crippen molar-refractivity contribution < 1.29 is 27.8 Å². The number of aliphatic carboxylic acids is 1. The lowest BCUT2D eigenvalue weighted by Gasteiger charge is -2.36. The van der Waals surface area contributed by atoms with Crippen molar-refractivity contribution in [3.05, 3.63) is 0 Å².